The molecule has 0 fully saturated rings. The van der Waals surface area contributed by atoms with Gasteiger partial charge in [0.05, 0.1) is 0 Å². The van der Waals surface area contributed by atoms with Gasteiger partial charge in [-0.05, 0) is 17.2 Å². The average molecular weight is 551 g/mol. The molecule has 42 heavy (non-hydrogen) atoms. The van der Waals surface area contributed by atoms with Crippen molar-refractivity contribution in [2.75, 3.05) is 0 Å². The Morgan fingerprint density at radius 1 is 0.405 bits per heavy atom. The summed E-state index contributed by atoms with van der Waals surface area (Å²) in [4.78, 5) is 15.0. The lowest BCUT2D eigenvalue weighted by Crippen LogP contribution is -2.55. The number of aromatic nitrogens is 3. The molecule has 0 aliphatic heterocycles. The van der Waals surface area contributed by atoms with Gasteiger partial charge < -0.3 is 0 Å². The molecule has 3 nitrogen and oxygen atoms in total. The third-order valence-electron chi connectivity index (χ3n) is 8.73. The number of benzene rings is 5. The van der Waals surface area contributed by atoms with Crippen molar-refractivity contribution in [2.45, 2.75) is 0 Å². The van der Waals surface area contributed by atoms with Crippen molar-refractivity contribution in [1.82, 2.24) is 15.0 Å². The van der Waals surface area contributed by atoms with Crippen molar-refractivity contribution in [3.63, 3.8) is 0 Å². The first kappa shape index (κ1) is 26.5. The lowest BCUT2D eigenvalue weighted by Gasteiger charge is -2.20. The molecule has 0 bridgehead atoms. The van der Waals surface area contributed by atoms with Crippen LogP contribution < -0.4 is 27.3 Å². The van der Waals surface area contributed by atoms with E-state index in [2.05, 4.69) is 99.9 Å². The summed E-state index contributed by atoms with van der Waals surface area (Å²) >= 11 is 1.84. The van der Waals surface area contributed by atoms with Gasteiger partial charge in [0.2, 0.25) is 0 Å². The summed E-state index contributed by atoms with van der Waals surface area (Å²) < 4.78 is 2.49. The van der Waals surface area contributed by atoms with Crippen molar-refractivity contribution in [3.8, 4) is 45.3 Å². The van der Waals surface area contributed by atoms with Crippen LogP contribution in [0, 0.1) is 0 Å². The van der Waals surface area contributed by atoms with Gasteiger partial charge in [-0.15, -0.1) is 27.7 Å². The van der Waals surface area contributed by atoms with E-state index in [9.17, 15) is 0 Å². The van der Waals surface area contributed by atoms with Gasteiger partial charge >= 0.3 is 0 Å². The van der Waals surface area contributed by atoms with E-state index in [1.165, 1.54) is 58.6 Å². The van der Waals surface area contributed by atoms with Gasteiger partial charge in [0.15, 0.2) is 17.5 Å². The van der Waals surface area contributed by atoms with Gasteiger partial charge in [-0.1, -0.05) is 102 Å². The fourth-order valence-electron chi connectivity index (χ4n) is 6.03. The summed E-state index contributed by atoms with van der Waals surface area (Å²) in [6.45, 7) is 0. The molecule has 5 aromatic carbocycles. The number of thiophene rings is 1. The van der Waals surface area contributed by atoms with Gasteiger partial charge in [0.25, 0.3) is 0 Å². The Balaban J connectivity index is 1.50. The first-order valence-electron chi connectivity index (χ1n) is 14.3. The maximum Gasteiger partial charge on any atom is 0.165 e. The van der Waals surface area contributed by atoms with Gasteiger partial charge in [0, 0.05) is 36.9 Å². The van der Waals surface area contributed by atoms with Crippen LogP contribution in [0.15, 0.2) is 97.1 Å². The molecule has 2 aromatic heterocycles. The second-order valence-corrected chi connectivity index (χ2v) is 12.0. The molecule has 0 atom stereocenters. The predicted octanol–water partition coefficient (Wildman–Crippen LogP) is 0.200. The SMILES string of the molecule is Bc1c(B)c(B)c(-c2cccc3c2sc2c(-c4nc(-c5ccccc5)nc(-c5ccccc5)n4)cccc23)c(B)c1B. The minimum Gasteiger partial charge on any atom is -0.208 e. The molecule has 7 aromatic rings. The fourth-order valence-corrected chi connectivity index (χ4v) is 7.36. The van der Waals surface area contributed by atoms with Crippen molar-refractivity contribution >= 4 is 98.1 Å². The molecule has 2 heterocycles. The second-order valence-electron chi connectivity index (χ2n) is 11.0. The Hall–Kier alpha value is -4.35. The minimum absolute atomic E-state index is 0.676. The van der Waals surface area contributed by atoms with Crippen LogP contribution in [0.4, 0.5) is 0 Å². The molecular formula is C33H26B5N3S. The van der Waals surface area contributed by atoms with Gasteiger partial charge in [-0.25, -0.2) is 15.0 Å². The van der Waals surface area contributed by atoms with Crippen molar-refractivity contribution in [3.05, 3.63) is 97.1 Å². The van der Waals surface area contributed by atoms with E-state index >= 15 is 0 Å². The maximum atomic E-state index is 5.05. The Bertz CT molecular complexity index is 2060. The van der Waals surface area contributed by atoms with E-state index in [0.29, 0.717) is 17.5 Å². The van der Waals surface area contributed by atoms with E-state index in [4.69, 9.17) is 15.0 Å². The number of nitrogens with zero attached hydrogens (tertiary/aromatic N) is 3. The van der Waals surface area contributed by atoms with Crippen LogP contribution >= 0.6 is 11.3 Å². The molecule has 7 rings (SSSR count). The van der Waals surface area contributed by atoms with Gasteiger partial charge in [0.1, 0.15) is 39.2 Å². The standard InChI is InChI=1S/C33H26B5N3S/c34-24-23(25(35)27(37)28(38)26(24)36)21-15-7-13-19-20-14-8-16-22(30(20)42-29(19)21)33-40-31(17-9-3-1-4-10-17)39-32(41-33)18-11-5-2-6-12-18/h1-16H,34-38H2. The fraction of sp³-hybridized carbons (Fsp3) is 0. The van der Waals surface area contributed by atoms with Crippen LogP contribution in [0.3, 0.4) is 0 Å². The highest BCUT2D eigenvalue weighted by Crippen LogP contribution is 2.42. The summed E-state index contributed by atoms with van der Waals surface area (Å²) in [6, 6.07) is 33.5. The van der Waals surface area contributed by atoms with E-state index in [-0.39, 0.29) is 0 Å². The van der Waals surface area contributed by atoms with E-state index in [0.717, 1.165) is 16.7 Å². The lowest BCUT2D eigenvalue weighted by molar-refractivity contribution is 1.08. The zero-order valence-electron chi connectivity index (χ0n) is 24.5. The minimum atomic E-state index is 0.676. The summed E-state index contributed by atoms with van der Waals surface area (Å²) in [6.07, 6.45) is 0. The Labute approximate surface area is 254 Å². The van der Waals surface area contributed by atoms with Crippen LogP contribution in [-0.4, -0.2) is 54.2 Å². The third-order valence-corrected chi connectivity index (χ3v) is 10.0. The Morgan fingerprint density at radius 2 is 0.833 bits per heavy atom. The van der Waals surface area contributed by atoms with Crippen molar-refractivity contribution < 1.29 is 0 Å². The van der Waals surface area contributed by atoms with Crippen molar-refractivity contribution in [2.24, 2.45) is 0 Å². The molecular weight excluding hydrogens is 525 g/mol. The number of hydrogen-bond acceptors (Lipinski definition) is 4. The quantitative estimate of drug-likeness (QED) is 0.294. The molecule has 0 N–H and O–H groups in total. The second kappa shape index (κ2) is 10.5. The van der Waals surface area contributed by atoms with E-state index in [1.807, 2.05) is 47.7 Å². The highest BCUT2D eigenvalue weighted by molar-refractivity contribution is 7.27. The highest BCUT2D eigenvalue weighted by atomic mass is 32.1. The summed E-state index contributed by atoms with van der Waals surface area (Å²) in [7, 11) is 11.3. The molecule has 0 saturated heterocycles. The third kappa shape index (κ3) is 4.31. The van der Waals surface area contributed by atoms with Gasteiger partial charge in [-0.3, -0.25) is 0 Å². The Morgan fingerprint density at radius 3 is 1.36 bits per heavy atom. The maximum absolute atomic E-state index is 5.05. The molecule has 0 unspecified atom stereocenters. The monoisotopic (exact) mass is 551 g/mol. The van der Waals surface area contributed by atoms with E-state index in [1.54, 1.807) is 0 Å². The molecule has 194 valence electrons. The van der Waals surface area contributed by atoms with Crippen LogP contribution in [0.1, 0.15) is 0 Å². The topological polar surface area (TPSA) is 38.7 Å². The largest absolute Gasteiger partial charge is 0.208 e. The van der Waals surface area contributed by atoms with Crippen LogP contribution in [0.2, 0.25) is 0 Å². The molecule has 0 aliphatic rings. The summed E-state index contributed by atoms with van der Waals surface area (Å²) in [5, 5.41) is 2.50. The first-order chi connectivity index (χ1) is 20.4. The molecule has 0 spiro atoms. The Kier molecular flexibility index (Phi) is 6.63. The summed E-state index contributed by atoms with van der Waals surface area (Å²) in [5.74, 6) is 2.04. The highest BCUT2D eigenvalue weighted by Gasteiger charge is 2.20. The van der Waals surface area contributed by atoms with Gasteiger partial charge in [-0.2, -0.15) is 0 Å². The normalized spacial score (nSPS) is 11.3. The number of hydrogen-bond donors (Lipinski definition) is 0. The number of fused-ring (bicyclic) bond motifs is 3. The smallest absolute Gasteiger partial charge is 0.165 e. The predicted molar refractivity (Wildman–Crippen MR) is 195 cm³/mol. The molecule has 0 amide bonds. The molecule has 0 aliphatic carbocycles. The zero-order valence-corrected chi connectivity index (χ0v) is 25.3. The summed E-state index contributed by atoms with van der Waals surface area (Å²) in [5.41, 5.74) is 12.5. The van der Waals surface area contributed by atoms with Crippen LogP contribution in [0.5, 0.6) is 0 Å². The lowest BCUT2D eigenvalue weighted by atomic mass is 9.59. The van der Waals surface area contributed by atoms with E-state index < -0.39 is 0 Å². The first-order valence-corrected chi connectivity index (χ1v) is 15.1. The van der Waals surface area contributed by atoms with Crippen LogP contribution in [-0.2, 0) is 0 Å². The average Bonchev–Trinajstić information content (AvgIpc) is 3.43. The van der Waals surface area contributed by atoms with Crippen molar-refractivity contribution in [1.29, 1.82) is 0 Å². The molecule has 0 saturated carbocycles. The molecule has 0 radical (unpaired) electrons. The van der Waals surface area contributed by atoms with Crippen LogP contribution in [0.25, 0.3) is 65.5 Å². The molecule has 9 heteroatoms. The zero-order chi connectivity index (χ0) is 29.0. The number of rotatable bonds is 4.